The second kappa shape index (κ2) is 5.66. The Morgan fingerprint density at radius 3 is 2.60 bits per heavy atom. The van der Waals surface area contributed by atoms with Crippen LogP contribution in [0, 0.1) is 13.8 Å². The number of halogens is 1. The van der Waals surface area contributed by atoms with E-state index in [1.807, 2.05) is 26.0 Å². The standard InChI is InChI=1S/C14H17BrN4O/c1-8-13(15)9(2)19(18-8)10(3)14(20)17-12-7-5-4-6-11(12)16/h4-7,10H,16H2,1-3H3,(H,17,20). The van der Waals surface area contributed by atoms with Crippen LogP contribution in [0.5, 0.6) is 0 Å². The van der Waals surface area contributed by atoms with Crippen molar-refractivity contribution in [2.75, 3.05) is 11.1 Å². The number of hydrogen-bond acceptors (Lipinski definition) is 3. The van der Waals surface area contributed by atoms with Crippen LogP contribution in [0.3, 0.4) is 0 Å². The smallest absolute Gasteiger partial charge is 0.249 e. The zero-order chi connectivity index (χ0) is 14.9. The van der Waals surface area contributed by atoms with Crippen LogP contribution in [0.15, 0.2) is 28.7 Å². The number of carbonyl (C=O) groups excluding carboxylic acids is 1. The zero-order valence-electron chi connectivity index (χ0n) is 11.6. The SMILES string of the molecule is Cc1nn(C(C)C(=O)Nc2ccccc2N)c(C)c1Br. The number of anilines is 2. The van der Waals surface area contributed by atoms with Crippen LogP contribution in [-0.4, -0.2) is 15.7 Å². The number of nitrogens with one attached hydrogen (secondary N) is 1. The molecule has 0 fully saturated rings. The van der Waals surface area contributed by atoms with E-state index in [9.17, 15) is 4.79 Å². The second-order valence-corrected chi connectivity index (χ2v) is 5.47. The Bertz CT molecular complexity index is 651. The quantitative estimate of drug-likeness (QED) is 0.846. The lowest BCUT2D eigenvalue weighted by Crippen LogP contribution is -2.25. The maximum Gasteiger partial charge on any atom is 0.249 e. The van der Waals surface area contributed by atoms with Crippen LogP contribution in [0.4, 0.5) is 11.4 Å². The van der Waals surface area contributed by atoms with Gasteiger partial charge in [-0.05, 0) is 48.8 Å². The molecule has 0 saturated heterocycles. The highest BCUT2D eigenvalue weighted by Crippen LogP contribution is 2.24. The Labute approximate surface area is 126 Å². The van der Waals surface area contributed by atoms with E-state index in [4.69, 9.17) is 5.73 Å². The molecule has 1 amide bonds. The van der Waals surface area contributed by atoms with Gasteiger partial charge in [0, 0.05) is 0 Å². The second-order valence-electron chi connectivity index (χ2n) is 4.68. The van der Waals surface area contributed by atoms with Gasteiger partial charge in [0.25, 0.3) is 0 Å². The molecule has 0 aliphatic carbocycles. The summed E-state index contributed by atoms with van der Waals surface area (Å²) in [7, 11) is 0. The van der Waals surface area contributed by atoms with E-state index in [0.717, 1.165) is 15.9 Å². The van der Waals surface area contributed by atoms with Gasteiger partial charge in [-0.2, -0.15) is 5.10 Å². The molecule has 3 N–H and O–H groups in total. The third kappa shape index (κ3) is 2.70. The molecule has 0 aliphatic rings. The van der Waals surface area contributed by atoms with Gasteiger partial charge in [-0.15, -0.1) is 0 Å². The molecular weight excluding hydrogens is 320 g/mol. The summed E-state index contributed by atoms with van der Waals surface area (Å²) in [6.45, 7) is 5.62. The fraction of sp³-hybridized carbons (Fsp3) is 0.286. The number of benzene rings is 1. The van der Waals surface area contributed by atoms with Gasteiger partial charge in [-0.25, -0.2) is 0 Å². The summed E-state index contributed by atoms with van der Waals surface area (Å²) in [5.41, 5.74) is 8.77. The number of hydrogen-bond donors (Lipinski definition) is 2. The molecule has 20 heavy (non-hydrogen) atoms. The number of nitrogen functional groups attached to an aromatic ring is 1. The van der Waals surface area contributed by atoms with E-state index in [1.165, 1.54) is 0 Å². The number of para-hydroxylation sites is 2. The van der Waals surface area contributed by atoms with Crippen molar-refractivity contribution in [3.05, 3.63) is 40.1 Å². The highest BCUT2D eigenvalue weighted by atomic mass is 79.9. The van der Waals surface area contributed by atoms with Crippen LogP contribution in [0.1, 0.15) is 24.4 Å². The summed E-state index contributed by atoms with van der Waals surface area (Å²) in [5.74, 6) is -0.152. The number of amides is 1. The minimum atomic E-state index is -0.417. The highest BCUT2D eigenvalue weighted by molar-refractivity contribution is 9.10. The maximum absolute atomic E-state index is 12.3. The molecule has 5 nitrogen and oxygen atoms in total. The van der Waals surface area contributed by atoms with Gasteiger partial charge in [-0.3, -0.25) is 9.48 Å². The molecule has 106 valence electrons. The van der Waals surface area contributed by atoms with E-state index in [-0.39, 0.29) is 5.91 Å². The molecule has 1 unspecified atom stereocenters. The molecule has 0 bridgehead atoms. The van der Waals surface area contributed by atoms with E-state index < -0.39 is 6.04 Å². The number of nitrogens with two attached hydrogens (primary N) is 1. The lowest BCUT2D eigenvalue weighted by atomic mass is 10.2. The van der Waals surface area contributed by atoms with E-state index in [0.29, 0.717) is 11.4 Å². The van der Waals surface area contributed by atoms with Crippen molar-refractivity contribution >= 4 is 33.2 Å². The molecule has 0 aliphatic heterocycles. The van der Waals surface area contributed by atoms with Crippen molar-refractivity contribution in [3.8, 4) is 0 Å². The molecule has 1 aromatic carbocycles. The molecule has 6 heteroatoms. The topological polar surface area (TPSA) is 72.9 Å². The van der Waals surface area contributed by atoms with Crippen molar-refractivity contribution in [2.24, 2.45) is 0 Å². The van der Waals surface area contributed by atoms with Crippen molar-refractivity contribution in [1.82, 2.24) is 9.78 Å². The van der Waals surface area contributed by atoms with Gasteiger partial charge < -0.3 is 11.1 Å². The highest BCUT2D eigenvalue weighted by Gasteiger charge is 2.20. The van der Waals surface area contributed by atoms with Crippen molar-refractivity contribution in [2.45, 2.75) is 26.8 Å². The molecule has 1 atom stereocenters. The van der Waals surface area contributed by atoms with Gasteiger partial charge in [0.05, 0.1) is 27.2 Å². The summed E-state index contributed by atoms with van der Waals surface area (Å²) in [6, 6.07) is 6.76. The van der Waals surface area contributed by atoms with Gasteiger partial charge >= 0.3 is 0 Å². The Morgan fingerprint density at radius 2 is 2.05 bits per heavy atom. The molecule has 1 heterocycles. The van der Waals surface area contributed by atoms with Crippen molar-refractivity contribution < 1.29 is 4.79 Å². The molecule has 2 aromatic rings. The average Bonchev–Trinajstić information content (AvgIpc) is 2.68. The lowest BCUT2D eigenvalue weighted by molar-refractivity contribution is -0.119. The molecule has 2 rings (SSSR count). The first-order valence-electron chi connectivity index (χ1n) is 6.28. The first kappa shape index (κ1) is 14.6. The normalized spacial score (nSPS) is 12.2. The third-order valence-electron chi connectivity index (χ3n) is 3.20. The number of aromatic nitrogens is 2. The molecule has 1 aromatic heterocycles. The Morgan fingerprint density at radius 1 is 1.40 bits per heavy atom. The summed E-state index contributed by atoms with van der Waals surface area (Å²) in [6.07, 6.45) is 0. The average molecular weight is 337 g/mol. The number of carbonyl (C=O) groups is 1. The molecule has 0 spiro atoms. The predicted molar refractivity (Wildman–Crippen MR) is 83.6 cm³/mol. The van der Waals surface area contributed by atoms with Crippen molar-refractivity contribution in [3.63, 3.8) is 0 Å². The van der Waals surface area contributed by atoms with Crippen LogP contribution in [0.2, 0.25) is 0 Å². The van der Waals surface area contributed by atoms with E-state index in [2.05, 4.69) is 26.3 Å². The monoisotopic (exact) mass is 336 g/mol. The summed E-state index contributed by atoms with van der Waals surface area (Å²) in [5, 5.41) is 7.20. The van der Waals surface area contributed by atoms with Crippen LogP contribution in [-0.2, 0) is 4.79 Å². The summed E-state index contributed by atoms with van der Waals surface area (Å²) in [4.78, 5) is 12.3. The number of rotatable bonds is 3. The van der Waals surface area contributed by atoms with Crippen molar-refractivity contribution in [1.29, 1.82) is 0 Å². The zero-order valence-corrected chi connectivity index (χ0v) is 13.2. The van der Waals surface area contributed by atoms with Crippen LogP contribution in [0.25, 0.3) is 0 Å². The van der Waals surface area contributed by atoms with Gasteiger partial charge in [0.1, 0.15) is 6.04 Å². The fourth-order valence-corrected chi connectivity index (χ4v) is 2.24. The summed E-state index contributed by atoms with van der Waals surface area (Å²) < 4.78 is 2.63. The molecule has 0 saturated carbocycles. The van der Waals surface area contributed by atoms with E-state index >= 15 is 0 Å². The Balaban J connectivity index is 2.21. The van der Waals surface area contributed by atoms with Gasteiger partial charge in [0.2, 0.25) is 5.91 Å². The number of aryl methyl sites for hydroxylation is 1. The third-order valence-corrected chi connectivity index (χ3v) is 4.35. The first-order chi connectivity index (χ1) is 9.41. The Kier molecular flexibility index (Phi) is 4.13. The Hall–Kier alpha value is -1.82. The first-order valence-corrected chi connectivity index (χ1v) is 7.07. The maximum atomic E-state index is 12.3. The molecular formula is C14H17BrN4O. The number of nitrogens with zero attached hydrogens (tertiary/aromatic N) is 2. The minimum Gasteiger partial charge on any atom is -0.397 e. The summed E-state index contributed by atoms with van der Waals surface area (Å²) >= 11 is 3.46. The van der Waals surface area contributed by atoms with Gasteiger partial charge in [0.15, 0.2) is 0 Å². The predicted octanol–water partition coefficient (Wildman–Crippen LogP) is 3.04. The fourth-order valence-electron chi connectivity index (χ4n) is 1.98. The van der Waals surface area contributed by atoms with E-state index in [1.54, 1.807) is 23.7 Å². The lowest BCUT2D eigenvalue weighted by Gasteiger charge is -2.15. The molecule has 0 radical (unpaired) electrons. The van der Waals surface area contributed by atoms with Gasteiger partial charge in [-0.1, -0.05) is 12.1 Å². The largest absolute Gasteiger partial charge is 0.397 e. The minimum absolute atomic E-state index is 0.152. The van der Waals surface area contributed by atoms with Crippen LogP contribution >= 0.6 is 15.9 Å². The van der Waals surface area contributed by atoms with Crippen LogP contribution < -0.4 is 11.1 Å².